The van der Waals surface area contributed by atoms with Crippen LogP contribution in [0, 0.1) is 13.8 Å². The number of hydrogen-bond donors (Lipinski definition) is 1. The second-order valence-electron chi connectivity index (χ2n) is 10.7. The average Bonchev–Trinajstić information content (AvgIpc) is 3.33. The molecule has 1 saturated heterocycles. The molecule has 2 aromatic heterocycles. The summed E-state index contributed by atoms with van der Waals surface area (Å²) in [6, 6.07) is 12.3. The molecule has 1 amide bonds. The highest BCUT2D eigenvalue weighted by Crippen LogP contribution is 2.34. The first kappa shape index (κ1) is 29.9. The summed E-state index contributed by atoms with van der Waals surface area (Å²) in [7, 11) is 1.77. The van der Waals surface area contributed by atoms with Crippen LogP contribution in [0.25, 0.3) is 5.82 Å². The molecule has 0 radical (unpaired) electrons. The molecule has 0 unspecified atom stereocenters. The van der Waals surface area contributed by atoms with Crippen molar-refractivity contribution < 1.29 is 22.8 Å². The molecule has 1 N–H and O–H groups in total. The maximum absolute atomic E-state index is 13.8. The fourth-order valence-electron chi connectivity index (χ4n) is 4.95. The third kappa shape index (κ3) is 6.75. The van der Waals surface area contributed by atoms with Gasteiger partial charge in [-0.3, -0.25) is 14.5 Å². The topological polar surface area (TPSA) is 96.2 Å². The van der Waals surface area contributed by atoms with Gasteiger partial charge in [0.1, 0.15) is 12.1 Å². The molecular formula is C31H32F3N7O2. The smallest absolute Gasteiger partial charge is 0.340 e. The molecule has 224 valence electrons. The Morgan fingerprint density at radius 2 is 1.81 bits per heavy atom. The molecule has 0 atom stereocenters. The largest absolute Gasteiger partial charge is 0.416 e. The van der Waals surface area contributed by atoms with Gasteiger partial charge in [-0.1, -0.05) is 19.1 Å². The average molecular weight is 592 g/mol. The van der Waals surface area contributed by atoms with Gasteiger partial charge in [0.05, 0.1) is 17.8 Å². The predicted octanol–water partition coefficient (Wildman–Crippen LogP) is 5.31. The predicted molar refractivity (Wildman–Crippen MR) is 157 cm³/mol. The zero-order valence-corrected chi connectivity index (χ0v) is 24.4. The number of nitrogens with one attached hydrogen (secondary N) is 1. The van der Waals surface area contributed by atoms with Crippen LogP contribution in [-0.4, -0.2) is 63.0 Å². The number of carbonyl (C=O) groups excluding carboxylic acids is 2. The molecule has 3 heterocycles. The van der Waals surface area contributed by atoms with Crippen LogP contribution in [0.15, 0.2) is 54.9 Å². The van der Waals surface area contributed by atoms with Gasteiger partial charge < -0.3 is 10.2 Å². The number of ketones is 1. The van der Waals surface area contributed by atoms with Crippen LogP contribution in [-0.2, 0) is 23.8 Å². The lowest BCUT2D eigenvalue weighted by Crippen LogP contribution is -2.49. The SMILES string of the molecule is CCc1cc(-n2nc(C)cc2Nc2cc(CC(=O)c3cc(N4CCN(C)CC4=O)cc(C(F)(F)F)c3)ccc2C)ncn1. The zero-order valence-electron chi connectivity index (χ0n) is 24.4. The second-order valence-corrected chi connectivity index (χ2v) is 10.7. The fourth-order valence-corrected chi connectivity index (χ4v) is 4.95. The summed E-state index contributed by atoms with van der Waals surface area (Å²) in [5, 5.41) is 7.94. The van der Waals surface area contributed by atoms with Crippen molar-refractivity contribution in [3.8, 4) is 5.82 Å². The summed E-state index contributed by atoms with van der Waals surface area (Å²) < 4.78 is 43.1. The van der Waals surface area contributed by atoms with Gasteiger partial charge in [-0.2, -0.15) is 23.0 Å². The van der Waals surface area contributed by atoms with Gasteiger partial charge in [0.2, 0.25) is 5.91 Å². The van der Waals surface area contributed by atoms with Gasteiger partial charge in [0, 0.05) is 54.3 Å². The third-order valence-electron chi connectivity index (χ3n) is 7.34. The molecule has 1 aliphatic heterocycles. The van der Waals surface area contributed by atoms with E-state index in [0.29, 0.717) is 29.4 Å². The van der Waals surface area contributed by atoms with Gasteiger partial charge in [0.15, 0.2) is 11.6 Å². The third-order valence-corrected chi connectivity index (χ3v) is 7.34. The molecular weight excluding hydrogens is 559 g/mol. The number of rotatable bonds is 8. The highest BCUT2D eigenvalue weighted by molar-refractivity contribution is 6.01. The Morgan fingerprint density at radius 1 is 1.02 bits per heavy atom. The molecule has 0 saturated carbocycles. The number of alkyl halides is 3. The zero-order chi connectivity index (χ0) is 30.9. The van der Waals surface area contributed by atoms with Crippen LogP contribution in [0.5, 0.6) is 0 Å². The normalized spacial score (nSPS) is 14.3. The van der Waals surface area contributed by atoms with Gasteiger partial charge >= 0.3 is 6.18 Å². The van der Waals surface area contributed by atoms with E-state index in [1.165, 1.54) is 17.3 Å². The molecule has 1 aliphatic rings. The number of aryl methyl sites for hydroxylation is 3. The Bertz CT molecular complexity index is 1680. The van der Waals surface area contributed by atoms with Crippen molar-refractivity contribution in [2.45, 2.75) is 39.8 Å². The number of benzene rings is 2. The van der Waals surface area contributed by atoms with Crippen molar-refractivity contribution in [3.05, 3.63) is 88.5 Å². The first-order valence-electron chi connectivity index (χ1n) is 13.9. The number of aromatic nitrogens is 4. The Kier molecular flexibility index (Phi) is 8.32. The minimum atomic E-state index is -4.68. The summed E-state index contributed by atoms with van der Waals surface area (Å²) in [6.45, 7) is 6.62. The number of Topliss-reactive ketones (excluding diaryl/α,β-unsaturated/α-hetero) is 1. The molecule has 4 aromatic rings. The molecule has 2 aromatic carbocycles. The molecule has 9 nitrogen and oxygen atoms in total. The standard InChI is InChI=1S/C31H32F3N7O2/c1-5-24-16-28(36-18-35-24)41-29(10-20(3)38-41)37-26-11-21(7-6-19(26)2)12-27(42)22-13-23(31(32,33)34)15-25(14-22)40-9-8-39(4)17-30(40)43/h6-7,10-11,13-16,18,37H,5,8-9,12,17H2,1-4H3. The Balaban J connectivity index is 1.42. The van der Waals surface area contributed by atoms with E-state index in [1.807, 2.05) is 39.0 Å². The molecule has 0 bridgehead atoms. The molecule has 0 aliphatic carbocycles. The van der Waals surface area contributed by atoms with Gasteiger partial charge in [-0.15, -0.1) is 0 Å². The van der Waals surface area contributed by atoms with Crippen molar-refractivity contribution >= 4 is 28.9 Å². The van der Waals surface area contributed by atoms with Crippen molar-refractivity contribution in [2.24, 2.45) is 0 Å². The van der Waals surface area contributed by atoms with E-state index in [0.717, 1.165) is 35.5 Å². The number of nitrogens with zero attached hydrogens (tertiary/aromatic N) is 6. The van der Waals surface area contributed by atoms with E-state index >= 15 is 0 Å². The lowest BCUT2D eigenvalue weighted by Gasteiger charge is -2.32. The fraction of sp³-hybridized carbons (Fsp3) is 0.323. The molecule has 5 rings (SSSR count). The summed E-state index contributed by atoms with van der Waals surface area (Å²) in [6.07, 6.45) is -2.57. The van der Waals surface area contributed by atoms with Gasteiger partial charge in [-0.25, -0.2) is 9.97 Å². The first-order valence-corrected chi connectivity index (χ1v) is 13.9. The lowest BCUT2D eigenvalue weighted by atomic mass is 9.98. The Morgan fingerprint density at radius 3 is 2.53 bits per heavy atom. The van der Waals surface area contributed by atoms with Crippen LogP contribution in [0.3, 0.4) is 0 Å². The summed E-state index contributed by atoms with van der Waals surface area (Å²) in [4.78, 5) is 37.7. The minimum absolute atomic E-state index is 0.0714. The highest BCUT2D eigenvalue weighted by atomic mass is 19.4. The molecule has 1 fully saturated rings. The number of piperazine rings is 1. The highest BCUT2D eigenvalue weighted by Gasteiger charge is 2.33. The maximum Gasteiger partial charge on any atom is 0.416 e. The summed E-state index contributed by atoms with van der Waals surface area (Å²) >= 11 is 0. The number of carbonyl (C=O) groups is 2. The van der Waals surface area contributed by atoms with E-state index < -0.39 is 17.5 Å². The van der Waals surface area contributed by atoms with Crippen LogP contribution in [0.2, 0.25) is 0 Å². The Labute approximate surface area is 247 Å². The van der Waals surface area contributed by atoms with Crippen LogP contribution < -0.4 is 10.2 Å². The molecule has 0 spiro atoms. The quantitative estimate of drug-likeness (QED) is 0.278. The number of hydrogen-bond acceptors (Lipinski definition) is 7. The molecule has 12 heteroatoms. The number of likely N-dealkylation sites (N-methyl/N-ethyl adjacent to an activating group) is 1. The Hall–Kier alpha value is -4.58. The van der Waals surface area contributed by atoms with Crippen LogP contribution in [0.1, 0.15) is 45.4 Å². The van der Waals surface area contributed by atoms with Crippen LogP contribution in [0.4, 0.5) is 30.4 Å². The van der Waals surface area contributed by atoms with Crippen molar-refractivity contribution in [2.75, 3.05) is 36.9 Å². The number of amides is 1. The summed E-state index contributed by atoms with van der Waals surface area (Å²) in [5.41, 5.74) is 2.87. The van der Waals surface area contributed by atoms with Crippen LogP contribution >= 0.6 is 0 Å². The van der Waals surface area contributed by atoms with Crippen molar-refractivity contribution in [3.63, 3.8) is 0 Å². The van der Waals surface area contributed by atoms with Gasteiger partial charge in [0.25, 0.3) is 0 Å². The minimum Gasteiger partial charge on any atom is -0.340 e. The first-order chi connectivity index (χ1) is 20.4. The van der Waals surface area contributed by atoms with E-state index in [4.69, 9.17) is 0 Å². The number of anilines is 3. The van der Waals surface area contributed by atoms with Gasteiger partial charge in [-0.05, 0) is 62.7 Å². The molecule has 43 heavy (non-hydrogen) atoms. The van der Waals surface area contributed by atoms with Crippen molar-refractivity contribution in [1.29, 1.82) is 0 Å². The monoisotopic (exact) mass is 591 g/mol. The van der Waals surface area contributed by atoms with E-state index in [-0.39, 0.29) is 36.7 Å². The van der Waals surface area contributed by atoms with Crippen molar-refractivity contribution in [1.82, 2.24) is 24.6 Å². The van der Waals surface area contributed by atoms with E-state index in [2.05, 4.69) is 20.4 Å². The lowest BCUT2D eigenvalue weighted by molar-refractivity contribution is -0.137. The number of halogens is 3. The maximum atomic E-state index is 13.8. The van der Waals surface area contributed by atoms with E-state index in [1.54, 1.807) is 28.8 Å². The summed E-state index contributed by atoms with van der Waals surface area (Å²) in [5.74, 6) is 0.454. The van der Waals surface area contributed by atoms with E-state index in [9.17, 15) is 22.8 Å². The second kappa shape index (κ2) is 12.0.